The molecule has 2 rings (SSSR count). The Morgan fingerprint density at radius 1 is 1.44 bits per heavy atom. The number of rotatable bonds is 4. The molecule has 0 saturated carbocycles. The van der Waals surface area contributed by atoms with Gasteiger partial charge in [0.05, 0.1) is 0 Å². The largest absolute Gasteiger partial charge is 0.336 e. The first kappa shape index (κ1) is 11.0. The number of carbonyl (C=O) groups is 1. The van der Waals surface area contributed by atoms with E-state index < -0.39 is 0 Å². The van der Waals surface area contributed by atoms with Crippen LogP contribution in [-0.2, 0) is 6.54 Å². The van der Waals surface area contributed by atoms with E-state index in [0.29, 0.717) is 0 Å². The predicted molar refractivity (Wildman–Crippen MR) is 64.6 cm³/mol. The Morgan fingerprint density at radius 3 is 2.94 bits per heavy atom. The molecular formula is C12H17N3O. The van der Waals surface area contributed by atoms with Gasteiger partial charge in [-0.15, -0.1) is 0 Å². The van der Waals surface area contributed by atoms with Crippen molar-refractivity contribution in [3.05, 3.63) is 29.8 Å². The summed E-state index contributed by atoms with van der Waals surface area (Å²) in [7, 11) is 0. The number of benzene rings is 1. The molecule has 16 heavy (non-hydrogen) atoms. The van der Waals surface area contributed by atoms with E-state index in [0.717, 1.165) is 31.9 Å². The van der Waals surface area contributed by atoms with Crippen molar-refractivity contribution in [2.45, 2.75) is 13.5 Å². The summed E-state index contributed by atoms with van der Waals surface area (Å²) in [4.78, 5) is 13.4. The van der Waals surface area contributed by atoms with E-state index in [1.165, 1.54) is 5.56 Å². The van der Waals surface area contributed by atoms with Crippen LogP contribution in [0.1, 0.15) is 12.5 Å². The standard InChI is InChI=1S/C12H17N3O/c1-2-13-9-10-5-3-4-6-11(10)15-8-7-14-12(15)16/h3-6,13H,2,7-9H2,1H3,(H,14,16). The summed E-state index contributed by atoms with van der Waals surface area (Å²) in [5, 5.41) is 6.10. The summed E-state index contributed by atoms with van der Waals surface area (Å²) in [6.07, 6.45) is 0. The summed E-state index contributed by atoms with van der Waals surface area (Å²) in [5.41, 5.74) is 2.18. The minimum absolute atomic E-state index is 0.00366. The fraction of sp³-hybridized carbons (Fsp3) is 0.417. The molecule has 0 unspecified atom stereocenters. The molecule has 2 amide bonds. The first-order chi connectivity index (χ1) is 7.83. The zero-order chi connectivity index (χ0) is 11.4. The van der Waals surface area contributed by atoms with Gasteiger partial charge in [0.1, 0.15) is 0 Å². The topological polar surface area (TPSA) is 44.4 Å². The maximum absolute atomic E-state index is 11.6. The van der Waals surface area contributed by atoms with Gasteiger partial charge < -0.3 is 10.6 Å². The monoisotopic (exact) mass is 219 g/mol. The highest BCUT2D eigenvalue weighted by Crippen LogP contribution is 2.21. The molecular weight excluding hydrogens is 202 g/mol. The van der Waals surface area contributed by atoms with Crippen LogP contribution in [0.4, 0.5) is 10.5 Å². The summed E-state index contributed by atoms with van der Waals surface area (Å²) in [6.45, 7) is 5.29. The number of carbonyl (C=O) groups excluding carboxylic acids is 1. The average Bonchev–Trinajstić information content (AvgIpc) is 2.73. The molecule has 0 aliphatic carbocycles. The van der Waals surface area contributed by atoms with E-state index in [1.807, 2.05) is 18.2 Å². The van der Waals surface area contributed by atoms with Crippen LogP contribution in [-0.4, -0.2) is 25.7 Å². The van der Waals surface area contributed by atoms with E-state index >= 15 is 0 Å². The SMILES string of the molecule is CCNCc1ccccc1N1CCNC1=O. The number of hydrogen-bond acceptors (Lipinski definition) is 2. The van der Waals surface area contributed by atoms with E-state index in [-0.39, 0.29) is 6.03 Å². The molecule has 86 valence electrons. The van der Waals surface area contributed by atoms with Crippen molar-refractivity contribution >= 4 is 11.7 Å². The van der Waals surface area contributed by atoms with Crippen LogP contribution in [0.3, 0.4) is 0 Å². The summed E-state index contributed by atoms with van der Waals surface area (Å²) < 4.78 is 0. The number of urea groups is 1. The van der Waals surface area contributed by atoms with Crippen molar-refractivity contribution in [2.75, 3.05) is 24.5 Å². The van der Waals surface area contributed by atoms with Crippen LogP contribution in [0.5, 0.6) is 0 Å². The molecule has 1 fully saturated rings. The molecule has 0 radical (unpaired) electrons. The van der Waals surface area contributed by atoms with Crippen molar-refractivity contribution in [1.82, 2.24) is 10.6 Å². The molecule has 0 atom stereocenters. The molecule has 0 bridgehead atoms. The van der Waals surface area contributed by atoms with Gasteiger partial charge in [0, 0.05) is 25.3 Å². The lowest BCUT2D eigenvalue weighted by atomic mass is 10.1. The summed E-state index contributed by atoms with van der Waals surface area (Å²) in [5.74, 6) is 0. The molecule has 1 saturated heterocycles. The molecule has 0 spiro atoms. The number of para-hydroxylation sites is 1. The van der Waals surface area contributed by atoms with Gasteiger partial charge in [0.25, 0.3) is 0 Å². The molecule has 4 nitrogen and oxygen atoms in total. The first-order valence-corrected chi connectivity index (χ1v) is 5.67. The fourth-order valence-electron chi connectivity index (χ4n) is 1.88. The van der Waals surface area contributed by atoms with Gasteiger partial charge in [-0.05, 0) is 18.2 Å². The van der Waals surface area contributed by atoms with Crippen molar-refractivity contribution in [2.24, 2.45) is 0 Å². The molecule has 1 aromatic carbocycles. The number of nitrogens with one attached hydrogen (secondary N) is 2. The zero-order valence-corrected chi connectivity index (χ0v) is 9.49. The second kappa shape index (κ2) is 4.99. The van der Waals surface area contributed by atoms with E-state index in [2.05, 4.69) is 23.6 Å². The molecule has 0 aromatic heterocycles. The van der Waals surface area contributed by atoms with Crippen LogP contribution in [0.25, 0.3) is 0 Å². The number of amides is 2. The Morgan fingerprint density at radius 2 is 2.25 bits per heavy atom. The highest BCUT2D eigenvalue weighted by atomic mass is 16.2. The van der Waals surface area contributed by atoms with Crippen LogP contribution >= 0.6 is 0 Å². The van der Waals surface area contributed by atoms with Gasteiger partial charge in [-0.2, -0.15) is 0 Å². The molecule has 1 heterocycles. The average molecular weight is 219 g/mol. The second-order valence-electron chi connectivity index (χ2n) is 3.79. The van der Waals surface area contributed by atoms with E-state index in [4.69, 9.17) is 0 Å². The van der Waals surface area contributed by atoms with Gasteiger partial charge in [0.15, 0.2) is 0 Å². The van der Waals surface area contributed by atoms with Crippen molar-refractivity contribution in [1.29, 1.82) is 0 Å². The van der Waals surface area contributed by atoms with Crippen LogP contribution < -0.4 is 15.5 Å². The highest BCUT2D eigenvalue weighted by Gasteiger charge is 2.22. The first-order valence-electron chi connectivity index (χ1n) is 5.67. The Hall–Kier alpha value is -1.55. The maximum Gasteiger partial charge on any atom is 0.322 e. The third-order valence-electron chi connectivity index (χ3n) is 2.70. The van der Waals surface area contributed by atoms with Gasteiger partial charge in [0.2, 0.25) is 0 Å². The Labute approximate surface area is 95.6 Å². The smallest absolute Gasteiger partial charge is 0.322 e. The maximum atomic E-state index is 11.6. The number of hydrogen-bond donors (Lipinski definition) is 2. The third-order valence-corrected chi connectivity index (χ3v) is 2.70. The zero-order valence-electron chi connectivity index (χ0n) is 9.49. The molecule has 4 heteroatoms. The van der Waals surface area contributed by atoms with E-state index in [1.54, 1.807) is 4.90 Å². The van der Waals surface area contributed by atoms with Crippen molar-refractivity contribution in [3.8, 4) is 0 Å². The molecule has 2 N–H and O–H groups in total. The summed E-state index contributed by atoms with van der Waals surface area (Å²) in [6, 6.07) is 8.03. The highest BCUT2D eigenvalue weighted by molar-refractivity contribution is 5.94. The number of nitrogens with zero attached hydrogens (tertiary/aromatic N) is 1. The Kier molecular flexibility index (Phi) is 3.41. The van der Waals surface area contributed by atoms with Crippen LogP contribution in [0, 0.1) is 0 Å². The third kappa shape index (κ3) is 2.17. The lowest BCUT2D eigenvalue weighted by Gasteiger charge is -2.18. The fourth-order valence-corrected chi connectivity index (χ4v) is 1.88. The van der Waals surface area contributed by atoms with E-state index in [9.17, 15) is 4.79 Å². The van der Waals surface area contributed by atoms with Crippen molar-refractivity contribution in [3.63, 3.8) is 0 Å². The quantitative estimate of drug-likeness (QED) is 0.802. The lowest BCUT2D eigenvalue weighted by Crippen LogP contribution is -2.29. The molecule has 1 aromatic rings. The second-order valence-corrected chi connectivity index (χ2v) is 3.79. The minimum Gasteiger partial charge on any atom is -0.336 e. The van der Waals surface area contributed by atoms with Gasteiger partial charge in [-0.3, -0.25) is 4.90 Å². The predicted octanol–water partition coefficient (Wildman–Crippen LogP) is 1.33. The Balaban J connectivity index is 2.21. The minimum atomic E-state index is 0.00366. The van der Waals surface area contributed by atoms with Gasteiger partial charge in [-0.1, -0.05) is 25.1 Å². The van der Waals surface area contributed by atoms with Gasteiger partial charge >= 0.3 is 6.03 Å². The van der Waals surface area contributed by atoms with Crippen LogP contribution in [0.2, 0.25) is 0 Å². The van der Waals surface area contributed by atoms with Crippen molar-refractivity contribution < 1.29 is 4.79 Å². The normalized spacial score (nSPS) is 15.3. The molecule has 1 aliphatic heterocycles. The molecule has 1 aliphatic rings. The Bertz CT molecular complexity index is 378. The van der Waals surface area contributed by atoms with Crippen LogP contribution in [0.15, 0.2) is 24.3 Å². The lowest BCUT2D eigenvalue weighted by molar-refractivity contribution is 0.252. The summed E-state index contributed by atoms with van der Waals surface area (Å²) >= 11 is 0. The van der Waals surface area contributed by atoms with Gasteiger partial charge in [-0.25, -0.2) is 4.79 Å². The number of anilines is 1.